The maximum Gasteiger partial charge on any atom is 0.467 e. The van der Waals surface area contributed by atoms with E-state index in [0.29, 0.717) is 16.3 Å². The molecule has 0 fully saturated rings. The summed E-state index contributed by atoms with van der Waals surface area (Å²) in [5.74, 6) is -0.305. The van der Waals surface area contributed by atoms with Gasteiger partial charge in [0, 0.05) is 23.1 Å². The van der Waals surface area contributed by atoms with Gasteiger partial charge in [0.2, 0.25) is 0 Å². The fourth-order valence-corrected chi connectivity index (χ4v) is 5.88. The zero-order valence-corrected chi connectivity index (χ0v) is 25.6. The number of sulfonamides is 2. The second-order valence-electron chi connectivity index (χ2n) is 9.95. The minimum atomic E-state index is -7.62. The number of ether oxygens (including phenoxy) is 1. The molecule has 0 heterocycles. The van der Waals surface area contributed by atoms with Crippen molar-refractivity contribution in [2.24, 2.45) is 0 Å². The molecule has 0 N–H and O–H groups in total. The molecule has 46 heavy (non-hydrogen) atoms. The quantitative estimate of drug-likeness (QED) is 0.0753. The number of benzene rings is 2. The molecule has 20 heteroatoms. The average molecular weight is 719 g/mol. The highest BCUT2D eigenvalue weighted by atomic mass is 32.3. The van der Waals surface area contributed by atoms with Crippen molar-refractivity contribution in [3.63, 3.8) is 0 Å². The van der Waals surface area contributed by atoms with Crippen LogP contribution in [0.15, 0.2) is 72.8 Å². The standard InChI is InChI=1S/C22H28NO2.C4F10NO4S2/c1-19(2)22(24)25-16-10-15-23(3,17-20-11-6-4-7-12-20)18-21-13-8-5-9-14-21;5-1(6,7)3(11,12)20(16,17)15-21(18,19)4(13,14)2(8,9)10/h4-9,11-14H,1,10,15-18H2,2-3H3;/q+1;-1. The van der Waals surface area contributed by atoms with Crippen LogP contribution < -0.4 is 0 Å². The highest BCUT2D eigenvalue weighted by Crippen LogP contribution is 2.47. The molecule has 0 bridgehead atoms. The van der Waals surface area contributed by atoms with E-state index in [4.69, 9.17) is 4.74 Å². The van der Waals surface area contributed by atoms with E-state index >= 15 is 0 Å². The van der Waals surface area contributed by atoms with Gasteiger partial charge in [-0.05, 0) is 6.92 Å². The van der Waals surface area contributed by atoms with E-state index in [1.807, 2.05) is 12.1 Å². The van der Waals surface area contributed by atoms with Crippen LogP contribution in [0.25, 0.3) is 4.13 Å². The molecule has 0 saturated carbocycles. The van der Waals surface area contributed by atoms with Gasteiger partial charge in [0.15, 0.2) is 20.0 Å². The van der Waals surface area contributed by atoms with Crippen LogP contribution in [0.5, 0.6) is 0 Å². The number of esters is 1. The summed E-state index contributed by atoms with van der Waals surface area (Å²) in [6.45, 7) is 8.56. The maximum atomic E-state index is 12.3. The van der Waals surface area contributed by atoms with Gasteiger partial charge in [-0.15, -0.1) is 0 Å². The number of carbonyl (C=O) groups is 1. The van der Waals surface area contributed by atoms with E-state index in [0.717, 1.165) is 30.5 Å². The van der Waals surface area contributed by atoms with E-state index in [-0.39, 0.29) is 5.97 Å². The number of hydrogen-bond donors (Lipinski definition) is 0. The van der Waals surface area contributed by atoms with E-state index in [2.05, 4.69) is 62.2 Å². The van der Waals surface area contributed by atoms with Crippen LogP contribution in [0.3, 0.4) is 0 Å². The van der Waals surface area contributed by atoms with Gasteiger partial charge in [-0.2, -0.15) is 43.9 Å². The Morgan fingerprint density at radius 1 is 0.739 bits per heavy atom. The molecule has 8 nitrogen and oxygen atoms in total. The summed E-state index contributed by atoms with van der Waals surface area (Å²) in [5.41, 5.74) is 3.09. The first kappa shape index (κ1) is 40.8. The Morgan fingerprint density at radius 2 is 1.09 bits per heavy atom. The summed E-state index contributed by atoms with van der Waals surface area (Å²) in [5, 5.41) is -14.0. The molecule has 0 aromatic heterocycles. The largest absolute Gasteiger partial charge is 0.467 e. The molecule has 2 aromatic carbocycles. The highest BCUT2D eigenvalue weighted by molar-refractivity contribution is 8.13. The third-order valence-corrected chi connectivity index (χ3v) is 9.07. The Morgan fingerprint density at radius 3 is 1.39 bits per heavy atom. The summed E-state index contributed by atoms with van der Waals surface area (Å²) in [7, 11) is -13.0. The fourth-order valence-electron chi connectivity index (χ4n) is 3.51. The van der Waals surface area contributed by atoms with Crippen LogP contribution in [0.2, 0.25) is 0 Å². The van der Waals surface area contributed by atoms with Gasteiger partial charge in [0.05, 0.1) is 20.2 Å². The van der Waals surface area contributed by atoms with Crippen LogP contribution in [0, 0.1) is 0 Å². The summed E-state index contributed by atoms with van der Waals surface area (Å²) in [6, 6.07) is 21.1. The predicted molar refractivity (Wildman–Crippen MR) is 145 cm³/mol. The Bertz CT molecular complexity index is 1440. The molecule has 0 aliphatic heterocycles. The van der Waals surface area contributed by atoms with Crippen molar-refractivity contribution in [2.45, 2.75) is 49.3 Å². The van der Waals surface area contributed by atoms with Gasteiger partial charge in [0.1, 0.15) is 13.1 Å². The summed E-state index contributed by atoms with van der Waals surface area (Å²) in [6.07, 6.45) is -13.2. The molecule has 0 unspecified atom stereocenters. The normalized spacial score (nSPS) is 13.4. The van der Waals surface area contributed by atoms with Crippen LogP contribution in [0.4, 0.5) is 43.9 Å². The van der Waals surface area contributed by atoms with Crippen LogP contribution in [-0.2, 0) is 42.7 Å². The smallest absolute Gasteiger partial charge is 0.462 e. The van der Waals surface area contributed by atoms with Crippen molar-refractivity contribution < 1.29 is 74.8 Å². The Labute approximate surface area is 258 Å². The predicted octanol–water partition coefficient (Wildman–Crippen LogP) is 6.67. The maximum absolute atomic E-state index is 12.3. The molecule has 0 radical (unpaired) electrons. The molecule has 2 rings (SSSR count). The van der Waals surface area contributed by atoms with Crippen molar-refractivity contribution in [1.29, 1.82) is 0 Å². The Hall–Kier alpha value is -3.23. The lowest BCUT2D eigenvalue weighted by molar-refractivity contribution is -0.935. The molecule has 0 spiro atoms. The first-order valence-corrected chi connectivity index (χ1v) is 15.4. The summed E-state index contributed by atoms with van der Waals surface area (Å²) in [4.78, 5) is 11.5. The van der Waals surface area contributed by atoms with Crippen LogP contribution in [-0.4, -0.2) is 70.3 Å². The highest BCUT2D eigenvalue weighted by Gasteiger charge is 2.68. The fraction of sp³-hybridized carbons (Fsp3) is 0.423. The third-order valence-electron chi connectivity index (χ3n) is 5.74. The summed E-state index contributed by atoms with van der Waals surface area (Å²) < 4.78 is 167. The van der Waals surface area contributed by atoms with Gasteiger partial charge in [0.25, 0.3) is 0 Å². The third kappa shape index (κ3) is 10.9. The van der Waals surface area contributed by atoms with Crippen molar-refractivity contribution in [2.75, 3.05) is 20.2 Å². The molecule has 2 aromatic rings. The number of halogens is 10. The lowest BCUT2D eigenvalue weighted by Gasteiger charge is -2.35. The van der Waals surface area contributed by atoms with Crippen molar-refractivity contribution in [3.05, 3.63) is 88.1 Å². The van der Waals surface area contributed by atoms with Crippen LogP contribution in [0.1, 0.15) is 24.5 Å². The lowest BCUT2D eigenvalue weighted by Crippen LogP contribution is -2.48. The minimum absolute atomic E-state index is 0.305. The van der Waals surface area contributed by atoms with Gasteiger partial charge < -0.3 is 13.3 Å². The Kier molecular flexibility index (Phi) is 13.4. The number of nitrogens with zero attached hydrogens (tertiary/aromatic N) is 2. The first-order chi connectivity index (χ1) is 20.7. The first-order valence-electron chi connectivity index (χ1n) is 12.6. The van der Waals surface area contributed by atoms with Gasteiger partial charge >= 0.3 is 28.8 Å². The topological polar surface area (TPSA) is 109 Å². The second kappa shape index (κ2) is 15.1. The monoisotopic (exact) mass is 718 g/mol. The molecule has 0 amide bonds. The van der Waals surface area contributed by atoms with E-state index in [1.54, 1.807) is 6.92 Å². The zero-order chi connectivity index (χ0) is 35.8. The number of carbonyl (C=O) groups excluding carboxylic acids is 1. The number of hydrogen-bond acceptors (Lipinski definition) is 6. The van der Waals surface area contributed by atoms with Crippen LogP contribution >= 0.6 is 0 Å². The van der Waals surface area contributed by atoms with Crippen molar-refractivity contribution in [3.8, 4) is 0 Å². The number of rotatable bonds is 13. The van der Waals surface area contributed by atoms with Gasteiger partial charge in [-0.1, -0.05) is 67.2 Å². The second-order valence-corrected chi connectivity index (χ2v) is 13.5. The molecular formula is C26H28F10N2O6S2. The zero-order valence-electron chi connectivity index (χ0n) is 24.0. The van der Waals surface area contributed by atoms with Crippen molar-refractivity contribution in [1.82, 2.24) is 0 Å². The van der Waals surface area contributed by atoms with E-state index in [9.17, 15) is 65.5 Å². The Balaban J connectivity index is 0.000000469. The van der Waals surface area contributed by atoms with E-state index in [1.165, 1.54) is 11.1 Å². The molecule has 260 valence electrons. The number of alkyl halides is 10. The average Bonchev–Trinajstić information content (AvgIpc) is 2.90. The molecule has 0 atom stereocenters. The summed E-state index contributed by atoms with van der Waals surface area (Å²) >= 11 is 0. The van der Waals surface area contributed by atoms with E-state index < -0.39 is 42.9 Å². The van der Waals surface area contributed by atoms with Gasteiger partial charge in [-0.25, -0.2) is 21.6 Å². The molecular weight excluding hydrogens is 690 g/mol. The molecule has 0 aliphatic carbocycles. The molecule has 0 saturated heterocycles. The van der Waals surface area contributed by atoms with Gasteiger partial charge in [-0.3, -0.25) is 0 Å². The minimum Gasteiger partial charge on any atom is -0.462 e. The van der Waals surface area contributed by atoms with Crippen molar-refractivity contribution >= 4 is 26.0 Å². The number of quaternary nitrogens is 1. The lowest BCUT2D eigenvalue weighted by atomic mass is 10.1. The SMILES string of the molecule is C=C(C)C(=O)OCCC[N+](C)(Cc1ccccc1)Cc1ccccc1.O=S(=O)([N-]S(=O)(=O)C(F)(F)C(F)(F)F)C(F)(F)C(F)(F)F. The molecule has 0 aliphatic rings.